The fraction of sp³-hybridized carbons (Fsp3) is 0.304. The van der Waals surface area contributed by atoms with E-state index in [2.05, 4.69) is 10.6 Å². The Morgan fingerprint density at radius 1 is 0.839 bits per heavy atom. The lowest BCUT2D eigenvalue weighted by Crippen LogP contribution is -2.22. The third-order valence-electron chi connectivity index (χ3n) is 4.48. The molecule has 8 nitrogen and oxygen atoms in total. The summed E-state index contributed by atoms with van der Waals surface area (Å²) in [7, 11) is 0. The number of anilines is 2. The van der Waals surface area contributed by atoms with Crippen molar-refractivity contribution >= 4 is 35.1 Å². The first-order valence-corrected chi connectivity index (χ1v) is 9.89. The number of hydrogen-bond donors (Lipinski definition) is 2. The number of rotatable bonds is 9. The van der Waals surface area contributed by atoms with Crippen LogP contribution in [-0.2, 0) is 23.9 Å². The van der Waals surface area contributed by atoms with E-state index in [9.17, 15) is 19.2 Å². The van der Waals surface area contributed by atoms with Gasteiger partial charge in [0.1, 0.15) is 0 Å². The highest BCUT2D eigenvalue weighted by molar-refractivity contribution is 5.95. The lowest BCUT2D eigenvalue weighted by Gasteiger charge is -2.10. The summed E-state index contributed by atoms with van der Waals surface area (Å²) >= 11 is 0. The molecule has 0 atom stereocenters. The fourth-order valence-electron chi connectivity index (χ4n) is 2.63. The molecule has 2 aromatic rings. The standard InChI is InChI=1S/C23H26N2O6/c1-4-30-23(29)17-8-10-18(11-9-17)24-20(26)12-13-22(28)31-14-21(27)25-19-7-5-6-15(2)16(19)3/h5-11H,4,12-14H2,1-3H3,(H,24,26)(H,25,27). The van der Waals surface area contributed by atoms with Gasteiger partial charge in [0.25, 0.3) is 5.91 Å². The number of aryl methyl sites for hydroxylation is 1. The third kappa shape index (κ3) is 7.58. The second-order valence-electron chi connectivity index (χ2n) is 6.80. The number of benzene rings is 2. The predicted octanol–water partition coefficient (Wildman–Crippen LogP) is 3.38. The van der Waals surface area contributed by atoms with Gasteiger partial charge in [-0.15, -0.1) is 0 Å². The molecule has 0 heterocycles. The molecule has 0 spiro atoms. The maximum absolute atomic E-state index is 12.0. The largest absolute Gasteiger partial charge is 0.462 e. The first-order chi connectivity index (χ1) is 14.8. The monoisotopic (exact) mass is 426 g/mol. The Balaban J connectivity index is 1.72. The van der Waals surface area contributed by atoms with Crippen molar-refractivity contribution in [3.05, 3.63) is 59.2 Å². The smallest absolute Gasteiger partial charge is 0.338 e. The molecule has 31 heavy (non-hydrogen) atoms. The minimum atomic E-state index is -0.649. The summed E-state index contributed by atoms with van der Waals surface area (Å²) in [5, 5.41) is 5.32. The van der Waals surface area contributed by atoms with Crippen LogP contribution in [0.3, 0.4) is 0 Å². The van der Waals surface area contributed by atoms with E-state index in [0.717, 1.165) is 11.1 Å². The van der Waals surface area contributed by atoms with Crippen molar-refractivity contribution in [2.24, 2.45) is 0 Å². The van der Waals surface area contributed by atoms with Crippen molar-refractivity contribution < 1.29 is 28.7 Å². The van der Waals surface area contributed by atoms with Crippen LogP contribution in [0.4, 0.5) is 11.4 Å². The van der Waals surface area contributed by atoms with Gasteiger partial charge >= 0.3 is 11.9 Å². The normalized spacial score (nSPS) is 10.2. The Morgan fingerprint density at radius 2 is 1.55 bits per heavy atom. The van der Waals surface area contributed by atoms with Crippen LogP contribution in [0.25, 0.3) is 0 Å². The molecular formula is C23H26N2O6. The van der Waals surface area contributed by atoms with Crippen LogP contribution in [0, 0.1) is 13.8 Å². The highest BCUT2D eigenvalue weighted by atomic mass is 16.5. The van der Waals surface area contributed by atoms with Crippen molar-refractivity contribution in [1.82, 2.24) is 0 Å². The summed E-state index contributed by atoms with van der Waals surface area (Å²) < 4.78 is 9.82. The number of carbonyl (C=O) groups excluding carboxylic acids is 4. The van der Waals surface area contributed by atoms with Gasteiger partial charge in [-0.2, -0.15) is 0 Å². The van der Waals surface area contributed by atoms with Crippen molar-refractivity contribution in [2.75, 3.05) is 23.8 Å². The van der Waals surface area contributed by atoms with E-state index in [1.54, 1.807) is 25.1 Å². The zero-order chi connectivity index (χ0) is 22.8. The van der Waals surface area contributed by atoms with Crippen LogP contribution < -0.4 is 10.6 Å². The van der Waals surface area contributed by atoms with Crippen LogP contribution in [0.1, 0.15) is 41.3 Å². The second-order valence-corrected chi connectivity index (χ2v) is 6.80. The minimum Gasteiger partial charge on any atom is -0.462 e. The molecule has 0 aliphatic rings. The first kappa shape index (κ1) is 23.6. The average molecular weight is 426 g/mol. The van der Waals surface area contributed by atoms with E-state index >= 15 is 0 Å². The maximum atomic E-state index is 12.0. The zero-order valence-corrected chi connectivity index (χ0v) is 17.8. The van der Waals surface area contributed by atoms with Gasteiger partial charge in [-0.05, 0) is 62.2 Å². The topological polar surface area (TPSA) is 111 Å². The number of carbonyl (C=O) groups is 4. The molecule has 0 saturated carbocycles. The lowest BCUT2D eigenvalue weighted by molar-refractivity contribution is -0.147. The van der Waals surface area contributed by atoms with E-state index < -0.39 is 24.5 Å². The highest BCUT2D eigenvalue weighted by Gasteiger charge is 2.12. The molecule has 0 unspecified atom stereocenters. The summed E-state index contributed by atoms with van der Waals surface area (Å²) in [6.07, 6.45) is -0.263. The third-order valence-corrected chi connectivity index (χ3v) is 4.48. The Hall–Kier alpha value is -3.68. The Kier molecular flexibility index (Phi) is 8.75. The lowest BCUT2D eigenvalue weighted by atomic mass is 10.1. The molecular weight excluding hydrogens is 400 g/mol. The van der Waals surface area contributed by atoms with Gasteiger partial charge in [-0.25, -0.2) is 4.79 Å². The van der Waals surface area contributed by atoms with Gasteiger partial charge < -0.3 is 20.1 Å². The van der Waals surface area contributed by atoms with Gasteiger partial charge in [-0.1, -0.05) is 12.1 Å². The quantitative estimate of drug-likeness (QED) is 0.595. The maximum Gasteiger partial charge on any atom is 0.338 e. The van der Waals surface area contributed by atoms with Crippen molar-refractivity contribution in [3.8, 4) is 0 Å². The SMILES string of the molecule is CCOC(=O)c1ccc(NC(=O)CCC(=O)OCC(=O)Nc2cccc(C)c2C)cc1. The molecule has 0 aliphatic heterocycles. The van der Waals surface area contributed by atoms with Crippen LogP contribution in [0.5, 0.6) is 0 Å². The van der Waals surface area contributed by atoms with Gasteiger partial charge in [0.2, 0.25) is 5.91 Å². The molecule has 2 amide bonds. The summed E-state index contributed by atoms with van der Waals surface area (Å²) in [5.74, 6) is -1.93. The molecule has 2 N–H and O–H groups in total. The first-order valence-electron chi connectivity index (χ1n) is 9.89. The van der Waals surface area contributed by atoms with E-state index in [-0.39, 0.29) is 25.4 Å². The highest BCUT2D eigenvalue weighted by Crippen LogP contribution is 2.17. The van der Waals surface area contributed by atoms with Crippen LogP contribution in [-0.4, -0.2) is 37.0 Å². The molecule has 0 fully saturated rings. The molecule has 0 bridgehead atoms. The average Bonchev–Trinajstić information content (AvgIpc) is 2.74. The number of hydrogen-bond acceptors (Lipinski definition) is 6. The fourth-order valence-corrected chi connectivity index (χ4v) is 2.63. The Morgan fingerprint density at radius 3 is 2.23 bits per heavy atom. The summed E-state index contributed by atoms with van der Waals surface area (Å²) in [5.41, 5.74) is 3.50. The zero-order valence-electron chi connectivity index (χ0n) is 17.8. The van der Waals surface area contributed by atoms with Crippen LogP contribution >= 0.6 is 0 Å². The summed E-state index contributed by atoms with van der Waals surface area (Å²) in [4.78, 5) is 47.4. The van der Waals surface area contributed by atoms with E-state index in [1.807, 2.05) is 26.0 Å². The minimum absolute atomic E-state index is 0.100. The van der Waals surface area contributed by atoms with E-state index in [4.69, 9.17) is 9.47 Å². The summed E-state index contributed by atoms with van der Waals surface area (Å²) in [6, 6.07) is 11.7. The number of ether oxygens (including phenoxy) is 2. The molecule has 2 rings (SSSR count). The molecule has 2 aromatic carbocycles. The number of nitrogens with one attached hydrogen (secondary N) is 2. The molecule has 164 valence electrons. The molecule has 0 saturated heterocycles. The van der Waals surface area contributed by atoms with Gasteiger partial charge in [0.15, 0.2) is 6.61 Å². The van der Waals surface area contributed by atoms with Gasteiger partial charge in [0.05, 0.1) is 18.6 Å². The number of amides is 2. The molecule has 0 aliphatic carbocycles. The second kappa shape index (κ2) is 11.5. The van der Waals surface area contributed by atoms with Gasteiger partial charge in [0, 0.05) is 17.8 Å². The Labute approximate surface area is 180 Å². The van der Waals surface area contributed by atoms with E-state index in [0.29, 0.717) is 16.9 Å². The molecule has 8 heteroatoms. The van der Waals surface area contributed by atoms with E-state index in [1.165, 1.54) is 12.1 Å². The molecule has 0 aromatic heterocycles. The predicted molar refractivity (Wildman–Crippen MR) is 116 cm³/mol. The van der Waals surface area contributed by atoms with Gasteiger partial charge in [-0.3, -0.25) is 14.4 Å². The Bertz CT molecular complexity index is 953. The van der Waals surface area contributed by atoms with Crippen LogP contribution in [0.2, 0.25) is 0 Å². The van der Waals surface area contributed by atoms with Crippen molar-refractivity contribution in [1.29, 1.82) is 0 Å². The molecule has 0 radical (unpaired) electrons. The summed E-state index contributed by atoms with van der Waals surface area (Å²) in [6.45, 7) is 5.39. The van der Waals surface area contributed by atoms with Crippen molar-refractivity contribution in [3.63, 3.8) is 0 Å². The number of esters is 2. The van der Waals surface area contributed by atoms with Crippen LogP contribution in [0.15, 0.2) is 42.5 Å². The van der Waals surface area contributed by atoms with Crippen molar-refractivity contribution in [2.45, 2.75) is 33.6 Å².